The van der Waals surface area contributed by atoms with Crippen LogP contribution in [0.25, 0.3) is 11.3 Å². The van der Waals surface area contributed by atoms with Gasteiger partial charge in [-0.25, -0.2) is 0 Å². The minimum atomic E-state index is -0.812. The van der Waals surface area contributed by atoms with Gasteiger partial charge in [0.25, 0.3) is 0 Å². The molecule has 2 atom stereocenters. The molecule has 1 N–H and O–H groups in total. The molecule has 0 radical (unpaired) electrons. The molecular formula is C24H22N2O4. The first-order valence-electron chi connectivity index (χ1n) is 10.1. The van der Waals surface area contributed by atoms with Gasteiger partial charge in [-0.1, -0.05) is 24.3 Å². The number of nitrogens with zero attached hydrogens (tertiary/aromatic N) is 2. The number of aryl methyl sites for hydroxylation is 1. The fourth-order valence-corrected chi connectivity index (χ4v) is 4.51. The van der Waals surface area contributed by atoms with Crippen molar-refractivity contribution in [1.82, 2.24) is 9.97 Å². The van der Waals surface area contributed by atoms with E-state index in [1.54, 1.807) is 12.4 Å². The van der Waals surface area contributed by atoms with Crippen LogP contribution in [0.4, 0.5) is 0 Å². The lowest BCUT2D eigenvalue weighted by Gasteiger charge is -2.16. The second-order valence-electron chi connectivity index (χ2n) is 7.81. The summed E-state index contributed by atoms with van der Waals surface area (Å²) in [6.07, 6.45) is 5.30. The van der Waals surface area contributed by atoms with Crippen LogP contribution >= 0.6 is 0 Å². The molecule has 0 amide bonds. The van der Waals surface area contributed by atoms with Crippen LogP contribution in [0.3, 0.4) is 0 Å². The maximum atomic E-state index is 11.0. The zero-order valence-electron chi connectivity index (χ0n) is 16.7. The molecule has 30 heavy (non-hydrogen) atoms. The minimum absolute atomic E-state index is 0.0359. The predicted octanol–water partition coefficient (Wildman–Crippen LogP) is 4.47. The number of fused-ring (bicyclic) bond motifs is 2. The molecule has 152 valence electrons. The summed E-state index contributed by atoms with van der Waals surface area (Å²) in [6, 6.07) is 12.0. The lowest BCUT2D eigenvalue weighted by atomic mass is 9.98. The number of carboxylic acid groups (broad SMARTS) is 1. The number of carboxylic acids is 1. The highest BCUT2D eigenvalue weighted by Crippen LogP contribution is 2.42. The summed E-state index contributed by atoms with van der Waals surface area (Å²) in [5.74, 6) is 0.551. The minimum Gasteiger partial charge on any atom is -0.492 e. The van der Waals surface area contributed by atoms with Crippen LogP contribution in [-0.2, 0) is 11.2 Å². The van der Waals surface area contributed by atoms with E-state index in [9.17, 15) is 4.79 Å². The van der Waals surface area contributed by atoms with Gasteiger partial charge in [-0.05, 0) is 37.0 Å². The van der Waals surface area contributed by atoms with E-state index in [0.717, 1.165) is 46.9 Å². The number of carbonyl (C=O) groups is 1. The van der Waals surface area contributed by atoms with Gasteiger partial charge in [0.15, 0.2) is 0 Å². The zero-order valence-corrected chi connectivity index (χ0v) is 16.7. The second-order valence-corrected chi connectivity index (χ2v) is 7.81. The average Bonchev–Trinajstić information content (AvgIpc) is 3.32. The van der Waals surface area contributed by atoms with Crippen molar-refractivity contribution in [2.75, 3.05) is 6.61 Å². The highest BCUT2D eigenvalue weighted by Gasteiger charge is 2.29. The topological polar surface area (TPSA) is 81.5 Å². The van der Waals surface area contributed by atoms with Crippen molar-refractivity contribution in [3.05, 3.63) is 71.2 Å². The lowest BCUT2D eigenvalue weighted by Crippen LogP contribution is -2.07. The molecule has 0 saturated carbocycles. The van der Waals surface area contributed by atoms with E-state index in [4.69, 9.17) is 14.6 Å². The molecular weight excluding hydrogens is 380 g/mol. The molecule has 0 spiro atoms. The Hall–Kier alpha value is -3.41. The second kappa shape index (κ2) is 7.44. The van der Waals surface area contributed by atoms with Gasteiger partial charge in [0, 0.05) is 35.5 Å². The maximum Gasteiger partial charge on any atom is 0.304 e. The van der Waals surface area contributed by atoms with Crippen LogP contribution in [0.15, 0.2) is 48.8 Å². The predicted molar refractivity (Wildman–Crippen MR) is 111 cm³/mol. The smallest absolute Gasteiger partial charge is 0.304 e. The molecule has 2 aromatic carbocycles. The third-order valence-corrected chi connectivity index (χ3v) is 5.92. The van der Waals surface area contributed by atoms with E-state index in [2.05, 4.69) is 22.1 Å². The lowest BCUT2D eigenvalue weighted by molar-refractivity contribution is -0.137. The molecule has 0 fully saturated rings. The summed E-state index contributed by atoms with van der Waals surface area (Å²) >= 11 is 0. The largest absolute Gasteiger partial charge is 0.492 e. The third-order valence-electron chi connectivity index (χ3n) is 5.92. The Balaban J connectivity index is 1.40. The van der Waals surface area contributed by atoms with Gasteiger partial charge in [0.2, 0.25) is 0 Å². The average molecular weight is 402 g/mol. The van der Waals surface area contributed by atoms with E-state index >= 15 is 0 Å². The van der Waals surface area contributed by atoms with E-state index in [1.807, 2.05) is 31.2 Å². The molecule has 1 aliphatic heterocycles. The monoisotopic (exact) mass is 402 g/mol. The van der Waals surface area contributed by atoms with Crippen LogP contribution in [0, 0.1) is 6.92 Å². The fraction of sp³-hybridized carbons (Fsp3) is 0.292. The van der Waals surface area contributed by atoms with E-state index in [0.29, 0.717) is 6.61 Å². The van der Waals surface area contributed by atoms with Gasteiger partial charge >= 0.3 is 5.97 Å². The van der Waals surface area contributed by atoms with Crippen LogP contribution in [0.2, 0.25) is 0 Å². The highest BCUT2D eigenvalue weighted by atomic mass is 16.5. The Morgan fingerprint density at radius 3 is 2.90 bits per heavy atom. The number of hydrogen-bond acceptors (Lipinski definition) is 5. The van der Waals surface area contributed by atoms with Gasteiger partial charge in [-0.2, -0.15) is 0 Å². The van der Waals surface area contributed by atoms with Crippen molar-refractivity contribution in [2.45, 2.75) is 38.2 Å². The van der Waals surface area contributed by atoms with Gasteiger partial charge in [0.05, 0.1) is 24.4 Å². The number of aromatic nitrogens is 2. The first-order chi connectivity index (χ1) is 14.6. The Kier molecular flexibility index (Phi) is 4.62. The molecule has 2 heterocycles. The normalized spacial score (nSPS) is 19.1. The molecule has 0 saturated heterocycles. The Bertz CT molecular complexity index is 1130. The number of ether oxygens (including phenoxy) is 2. The molecule has 6 nitrogen and oxygen atoms in total. The standard InChI is InChI=1S/C24H22N2O4/c1-14-24(26-10-9-25-14)20-4-2-3-19-18(20)7-8-21(19)30-16-5-6-17-15(11-23(27)28)13-29-22(17)12-16/h2-6,9-10,12,15,21H,7-8,11,13H2,1H3,(H,27,28)/t15?,21-/m1/s1. The van der Waals surface area contributed by atoms with E-state index in [1.165, 1.54) is 11.1 Å². The highest BCUT2D eigenvalue weighted by molar-refractivity contribution is 5.69. The Morgan fingerprint density at radius 2 is 2.07 bits per heavy atom. The van der Waals surface area contributed by atoms with Crippen LogP contribution in [0.1, 0.15) is 47.2 Å². The number of rotatable bonds is 5. The van der Waals surface area contributed by atoms with Gasteiger partial charge in [0.1, 0.15) is 17.6 Å². The first kappa shape index (κ1) is 18.6. The van der Waals surface area contributed by atoms with Crippen molar-refractivity contribution in [1.29, 1.82) is 0 Å². The summed E-state index contributed by atoms with van der Waals surface area (Å²) in [4.78, 5) is 20.0. The molecule has 3 aromatic rings. The molecule has 5 rings (SSSR count). The number of aliphatic carboxylic acids is 1. The zero-order chi connectivity index (χ0) is 20.7. The van der Waals surface area contributed by atoms with Crippen LogP contribution < -0.4 is 9.47 Å². The van der Waals surface area contributed by atoms with Crippen molar-refractivity contribution in [3.8, 4) is 22.8 Å². The van der Waals surface area contributed by atoms with Gasteiger partial charge in [-0.3, -0.25) is 14.8 Å². The quantitative estimate of drug-likeness (QED) is 0.678. The molecule has 0 bridgehead atoms. The SMILES string of the molecule is Cc1nccnc1-c1cccc2c1CC[C@H]2Oc1ccc2c(c1)OCC2CC(=O)O. The summed E-state index contributed by atoms with van der Waals surface area (Å²) in [5, 5.41) is 9.07. The summed E-state index contributed by atoms with van der Waals surface area (Å²) < 4.78 is 12.1. The van der Waals surface area contributed by atoms with Crippen molar-refractivity contribution in [2.24, 2.45) is 0 Å². The number of hydrogen-bond donors (Lipinski definition) is 1. The molecule has 2 aliphatic rings. The van der Waals surface area contributed by atoms with Crippen molar-refractivity contribution in [3.63, 3.8) is 0 Å². The molecule has 1 unspecified atom stereocenters. The maximum absolute atomic E-state index is 11.0. The number of benzene rings is 2. The van der Waals surface area contributed by atoms with Crippen molar-refractivity contribution >= 4 is 5.97 Å². The van der Waals surface area contributed by atoms with Gasteiger partial charge < -0.3 is 14.6 Å². The Labute approximate surface area is 174 Å². The summed E-state index contributed by atoms with van der Waals surface area (Å²) in [7, 11) is 0. The third kappa shape index (κ3) is 3.28. The van der Waals surface area contributed by atoms with E-state index < -0.39 is 5.97 Å². The van der Waals surface area contributed by atoms with Gasteiger partial charge in [-0.15, -0.1) is 0 Å². The summed E-state index contributed by atoms with van der Waals surface area (Å²) in [5.41, 5.74) is 6.36. The Morgan fingerprint density at radius 1 is 1.20 bits per heavy atom. The van der Waals surface area contributed by atoms with Crippen molar-refractivity contribution < 1.29 is 19.4 Å². The fourth-order valence-electron chi connectivity index (χ4n) is 4.51. The van der Waals surface area contributed by atoms with Crippen LogP contribution in [-0.4, -0.2) is 27.7 Å². The molecule has 1 aromatic heterocycles. The first-order valence-corrected chi connectivity index (χ1v) is 10.1. The molecule has 6 heteroatoms. The summed E-state index contributed by atoms with van der Waals surface area (Å²) in [6.45, 7) is 2.38. The van der Waals surface area contributed by atoms with E-state index in [-0.39, 0.29) is 18.4 Å². The van der Waals surface area contributed by atoms with Crippen LogP contribution in [0.5, 0.6) is 11.5 Å². The molecule has 1 aliphatic carbocycles.